The van der Waals surface area contributed by atoms with Gasteiger partial charge in [0.25, 0.3) is 0 Å². The van der Waals surface area contributed by atoms with Crippen molar-refractivity contribution in [2.24, 2.45) is 0 Å². The van der Waals surface area contributed by atoms with E-state index in [0.29, 0.717) is 0 Å². The van der Waals surface area contributed by atoms with E-state index >= 15 is 0 Å². The van der Waals surface area contributed by atoms with Gasteiger partial charge in [-0.05, 0) is 0 Å². The van der Waals surface area contributed by atoms with E-state index in [1.807, 2.05) is 0 Å². The molecule has 4 rings (SSSR count). The number of allylic oxidation sites excluding steroid dienone is 16. The predicted molar refractivity (Wildman–Crippen MR) is 210 cm³/mol. The molecule has 0 saturated heterocycles. The van der Waals surface area contributed by atoms with E-state index in [1.165, 1.54) is 145 Å². The van der Waals surface area contributed by atoms with E-state index in [-0.39, 0.29) is 35.8 Å². The maximum absolute atomic E-state index is 3.30. The van der Waals surface area contributed by atoms with Crippen LogP contribution < -0.4 is 0 Å². The maximum Gasteiger partial charge on any atom is -0.147 e. The number of hydrogen-bond acceptors (Lipinski definition) is 0. The van der Waals surface area contributed by atoms with Crippen LogP contribution in [0.4, 0.5) is 0 Å². The molecule has 0 radical (unpaired) electrons. The second-order valence-corrected chi connectivity index (χ2v) is 37.2. The Hall–Kier alpha value is 0.674. The molecule has 0 heterocycles. The van der Waals surface area contributed by atoms with Crippen molar-refractivity contribution in [3.8, 4) is 0 Å². The van der Waals surface area contributed by atoms with Crippen LogP contribution in [0.25, 0.3) is 0 Å². The molecule has 0 spiro atoms. The van der Waals surface area contributed by atoms with Gasteiger partial charge in [-0.25, -0.2) is 46.6 Å². The average Bonchev–Trinajstić information content (AvgIpc) is 3.83. The van der Waals surface area contributed by atoms with E-state index in [0.717, 1.165) is 25.7 Å². The molecule has 4 aliphatic rings. The second-order valence-electron chi connectivity index (χ2n) is 11.6. The number of rotatable bonds is 12. The van der Waals surface area contributed by atoms with Gasteiger partial charge in [-0.1, -0.05) is 105 Å². The van der Waals surface area contributed by atoms with Crippen molar-refractivity contribution in [3.05, 3.63) is 95.2 Å². The largest absolute Gasteiger partial charge is 0.147 e. The number of hydrogen-bond donors (Lipinski definition) is 0. The standard InChI is InChI=1S/4C9H13.2C2H6Si.2ClH.2Hf/c4*1-2-3-6-9-7-4-5-8-9;2*1-3-2;;;;/h4*4,7H,2-3,5-6H2,1H3;2*1-2H3;2*1H;;/q4*-1;;;;;2*+2. The van der Waals surface area contributed by atoms with Crippen molar-refractivity contribution in [1.29, 1.82) is 0 Å². The van der Waals surface area contributed by atoms with Crippen LogP contribution >= 0.6 is 24.8 Å². The molecule has 0 saturated carbocycles. The smallest absolute Gasteiger partial charge is 0.147 e. The Bertz CT molecular complexity index is 843. The first-order valence-electron chi connectivity index (χ1n) is 17.3. The van der Waals surface area contributed by atoms with Gasteiger partial charge in [-0.2, -0.15) is 24.3 Å². The summed E-state index contributed by atoms with van der Waals surface area (Å²) >= 11 is 2.90. The molecule has 46 heavy (non-hydrogen) atoms. The number of halogens is 2. The molecule has 4 aliphatic carbocycles. The third kappa shape index (κ3) is 42.7. The summed E-state index contributed by atoms with van der Waals surface area (Å²) in [6, 6.07) is 0. The van der Waals surface area contributed by atoms with Gasteiger partial charge in [-0.3, -0.25) is 24.3 Å². The minimum absolute atomic E-state index is 0. The Labute approximate surface area is 330 Å². The fourth-order valence-corrected chi connectivity index (χ4v) is 3.96. The average molecular weight is 1030 g/mol. The first kappa shape index (κ1) is 53.5. The summed E-state index contributed by atoms with van der Waals surface area (Å²) in [4.78, 5) is 0. The molecule has 0 unspecified atom stereocenters. The third-order valence-electron chi connectivity index (χ3n) is 6.26. The predicted octanol–water partition coefficient (Wildman–Crippen LogP) is 13.9. The second kappa shape index (κ2) is 41.8. The first-order valence-corrected chi connectivity index (χ1v) is 33.1. The Kier molecular flexibility index (Phi) is 48.6. The first-order chi connectivity index (χ1) is 21.2. The van der Waals surface area contributed by atoms with Crippen LogP contribution in [0, 0.1) is 24.3 Å². The minimum atomic E-state index is 0. The van der Waals surface area contributed by atoms with Crippen LogP contribution in [0.3, 0.4) is 0 Å². The summed E-state index contributed by atoms with van der Waals surface area (Å²) in [7, 11) is 0. The Morgan fingerprint density at radius 3 is 0.739 bits per heavy atom. The van der Waals surface area contributed by atoms with Crippen LogP contribution in [0.15, 0.2) is 70.9 Å². The quantitative estimate of drug-likeness (QED) is 0.135. The molecule has 256 valence electrons. The van der Waals surface area contributed by atoms with Gasteiger partial charge >= 0.3 is 83.2 Å². The Balaban J connectivity index is -0.000000234. The van der Waals surface area contributed by atoms with E-state index < -0.39 is 0 Å². The zero-order chi connectivity index (χ0) is 33.3. The van der Waals surface area contributed by atoms with E-state index in [1.54, 1.807) is 0 Å². The summed E-state index contributed by atoms with van der Waals surface area (Å²) in [6.45, 7) is 18.2. The summed E-state index contributed by atoms with van der Waals surface area (Å²) in [6.07, 6.45) is 50.1. The molecule has 0 fully saturated rings. The van der Waals surface area contributed by atoms with Crippen LogP contribution in [-0.4, -0.2) is 11.0 Å². The van der Waals surface area contributed by atoms with Crippen molar-refractivity contribution in [1.82, 2.24) is 0 Å². The molecule has 0 N–H and O–H groups in total. The van der Waals surface area contributed by atoms with E-state index in [2.05, 4.69) is 127 Å². The normalized spacial score (nSPS) is 14.0. The van der Waals surface area contributed by atoms with Gasteiger partial charge in [0.1, 0.15) is 0 Å². The SMILES string of the molecule is CCCCC1=[C-]CC=C1.CCCCC1=[C-]CC=C1.CCCCC1=[C-]CC=C1.CCCCC1=[C-]CC=C1.C[Si](C)=[Hf+2].C[Si](C)=[Hf+2].Cl.Cl. The summed E-state index contributed by atoms with van der Waals surface area (Å²) < 4.78 is 0. The fourth-order valence-electron chi connectivity index (χ4n) is 3.96. The molecule has 0 aromatic heterocycles. The van der Waals surface area contributed by atoms with Crippen LogP contribution in [0.2, 0.25) is 26.2 Å². The third-order valence-corrected chi connectivity index (χ3v) is 6.26. The molecule has 0 aromatic rings. The molecule has 0 aromatic carbocycles. The molecule has 0 nitrogen and oxygen atoms in total. The van der Waals surface area contributed by atoms with Gasteiger partial charge in [0.05, 0.1) is 0 Å². The molecular formula is C40H66Cl2Hf2Si2. The zero-order valence-corrected chi connectivity index (χ0v) is 41.6. The van der Waals surface area contributed by atoms with E-state index in [9.17, 15) is 0 Å². The zero-order valence-electron chi connectivity index (χ0n) is 30.7. The van der Waals surface area contributed by atoms with Gasteiger partial charge in [0, 0.05) is 0 Å². The van der Waals surface area contributed by atoms with Crippen molar-refractivity contribution >= 4 is 35.8 Å². The minimum Gasteiger partial charge on any atom is -0.147 e. The summed E-state index contributed by atoms with van der Waals surface area (Å²) in [5.41, 5.74) is 6.17. The van der Waals surface area contributed by atoms with Gasteiger partial charge < -0.3 is 0 Å². The van der Waals surface area contributed by atoms with Crippen molar-refractivity contribution in [3.63, 3.8) is 0 Å². The molecule has 0 atom stereocenters. The molecule has 0 aliphatic heterocycles. The fraction of sp³-hybridized carbons (Fsp3) is 0.600. The molecular weight excluding hydrogens is 964 g/mol. The Morgan fingerprint density at radius 2 is 0.630 bits per heavy atom. The van der Waals surface area contributed by atoms with Crippen molar-refractivity contribution < 1.29 is 46.0 Å². The molecule has 0 amide bonds. The summed E-state index contributed by atoms with van der Waals surface area (Å²) in [5.74, 6) is 0. The monoisotopic (exact) mass is 1030 g/mol. The summed E-state index contributed by atoms with van der Waals surface area (Å²) in [5, 5.41) is 0. The van der Waals surface area contributed by atoms with Crippen LogP contribution in [0.1, 0.15) is 130 Å². The van der Waals surface area contributed by atoms with Gasteiger partial charge in [-0.15, -0.1) is 50.5 Å². The van der Waals surface area contributed by atoms with E-state index in [4.69, 9.17) is 0 Å². The van der Waals surface area contributed by atoms with Crippen molar-refractivity contribution in [2.75, 3.05) is 0 Å². The van der Waals surface area contributed by atoms with Gasteiger partial charge in [0.2, 0.25) is 0 Å². The van der Waals surface area contributed by atoms with Crippen LogP contribution in [-0.2, 0) is 46.0 Å². The molecule has 6 heteroatoms. The van der Waals surface area contributed by atoms with Crippen molar-refractivity contribution in [2.45, 2.75) is 157 Å². The molecule has 0 bridgehead atoms. The van der Waals surface area contributed by atoms with Gasteiger partial charge in [0.15, 0.2) is 0 Å². The number of unbranched alkanes of at least 4 members (excludes halogenated alkanes) is 4. The maximum atomic E-state index is 3.30. The topological polar surface area (TPSA) is 0 Å². The Morgan fingerprint density at radius 1 is 0.457 bits per heavy atom. The van der Waals surface area contributed by atoms with Crippen LogP contribution in [0.5, 0.6) is 0 Å².